The summed E-state index contributed by atoms with van der Waals surface area (Å²) in [6.45, 7) is 8.01. The van der Waals surface area contributed by atoms with Crippen LogP contribution < -0.4 is 10.6 Å². The zero-order valence-corrected chi connectivity index (χ0v) is 8.92. The van der Waals surface area contributed by atoms with E-state index in [0.29, 0.717) is 11.8 Å². The minimum absolute atomic E-state index is 0.106. The Bertz CT molecular complexity index is 217. The van der Waals surface area contributed by atoms with E-state index < -0.39 is 0 Å². The van der Waals surface area contributed by atoms with Crippen molar-refractivity contribution in [3.63, 3.8) is 0 Å². The van der Waals surface area contributed by atoms with Crippen molar-refractivity contribution >= 4 is 6.03 Å². The normalized spacial score (nSPS) is 30.9. The van der Waals surface area contributed by atoms with E-state index in [9.17, 15) is 4.79 Å². The molecule has 14 heavy (non-hydrogen) atoms. The van der Waals surface area contributed by atoms with Gasteiger partial charge in [0.1, 0.15) is 0 Å². The molecule has 80 valence electrons. The lowest BCUT2D eigenvalue weighted by molar-refractivity contribution is 0.203. The Labute approximate surface area is 85.0 Å². The quantitative estimate of drug-likeness (QED) is 0.633. The van der Waals surface area contributed by atoms with E-state index >= 15 is 0 Å². The fraction of sp³-hybridized carbons (Fsp3) is 0.900. The van der Waals surface area contributed by atoms with Crippen LogP contribution >= 0.6 is 0 Å². The average Bonchev–Trinajstić information content (AvgIpc) is 2.58. The number of nitrogens with one attached hydrogen (secondary N) is 2. The average molecular weight is 197 g/mol. The molecule has 2 saturated heterocycles. The van der Waals surface area contributed by atoms with Gasteiger partial charge in [0.2, 0.25) is 0 Å². The Morgan fingerprint density at radius 3 is 2.43 bits per heavy atom. The van der Waals surface area contributed by atoms with Gasteiger partial charge in [0.15, 0.2) is 0 Å². The van der Waals surface area contributed by atoms with Crippen molar-refractivity contribution < 1.29 is 4.79 Å². The maximum atomic E-state index is 11.7. The number of hydrogen-bond acceptors (Lipinski definition) is 2. The Kier molecular flexibility index (Phi) is 2.63. The number of fused-ring (bicyclic) bond motifs is 1. The third kappa shape index (κ3) is 1.85. The lowest BCUT2D eigenvalue weighted by atomic mass is 10.0. The van der Waals surface area contributed by atoms with E-state index in [0.717, 1.165) is 26.2 Å². The molecule has 2 rings (SSSR count). The zero-order chi connectivity index (χ0) is 10.1. The Morgan fingerprint density at radius 2 is 1.93 bits per heavy atom. The van der Waals surface area contributed by atoms with Gasteiger partial charge in [0.25, 0.3) is 0 Å². The monoisotopic (exact) mass is 197 g/mol. The fourth-order valence-corrected chi connectivity index (χ4v) is 2.36. The number of likely N-dealkylation sites (tertiary alicyclic amines) is 1. The number of urea groups is 1. The second kappa shape index (κ2) is 3.77. The van der Waals surface area contributed by atoms with Crippen LogP contribution in [0.3, 0.4) is 0 Å². The Balaban J connectivity index is 1.86. The first-order valence-electron chi connectivity index (χ1n) is 5.43. The molecule has 0 spiro atoms. The molecule has 2 fully saturated rings. The van der Waals surface area contributed by atoms with Crippen LogP contribution in [0.25, 0.3) is 0 Å². The lowest BCUT2D eigenvalue weighted by Gasteiger charge is -2.19. The number of nitrogens with zero attached hydrogens (tertiary/aromatic N) is 1. The van der Waals surface area contributed by atoms with Crippen LogP contribution in [0.1, 0.15) is 13.8 Å². The van der Waals surface area contributed by atoms with Crippen LogP contribution in [-0.4, -0.2) is 43.2 Å². The second-order valence-electron chi connectivity index (χ2n) is 4.69. The van der Waals surface area contributed by atoms with Crippen molar-refractivity contribution in [1.82, 2.24) is 15.5 Å². The van der Waals surface area contributed by atoms with Crippen LogP contribution in [0, 0.1) is 11.8 Å². The van der Waals surface area contributed by atoms with E-state index in [1.54, 1.807) is 0 Å². The van der Waals surface area contributed by atoms with Gasteiger partial charge in [0, 0.05) is 32.2 Å². The van der Waals surface area contributed by atoms with Crippen LogP contribution in [0.2, 0.25) is 0 Å². The highest BCUT2D eigenvalue weighted by atomic mass is 16.2. The van der Waals surface area contributed by atoms with Gasteiger partial charge in [-0.15, -0.1) is 0 Å². The summed E-state index contributed by atoms with van der Waals surface area (Å²) < 4.78 is 0. The molecule has 0 aromatic heterocycles. The minimum Gasteiger partial charge on any atom is -0.336 e. The number of carbonyl (C=O) groups is 1. The molecule has 0 saturated carbocycles. The van der Waals surface area contributed by atoms with Gasteiger partial charge in [-0.3, -0.25) is 0 Å². The predicted molar refractivity (Wildman–Crippen MR) is 55.1 cm³/mol. The molecule has 4 nitrogen and oxygen atoms in total. The van der Waals surface area contributed by atoms with Gasteiger partial charge >= 0.3 is 6.03 Å². The first-order valence-corrected chi connectivity index (χ1v) is 5.43. The van der Waals surface area contributed by atoms with E-state index in [-0.39, 0.29) is 12.1 Å². The standard InChI is InChI=1S/C10H19N3O/c1-7(2)12-10(14)13-5-8-3-11-4-9(8)6-13/h7-9,11H,3-6H2,1-2H3,(H,12,14). The summed E-state index contributed by atoms with van der Waals surface area (Å²) in [6, 6.07) is 0.343. The maximum Gasteiger partial charge on any atom is 0.317 e. The second-order valence-corrected chi connectivity index (χ2v) is 4.69. The minimum atomic E-state index is 0.106. The van der Waals surface area contributed by atoms with Crippen molar-refractivity contribution in [2.45, 2.75) is 19.9 Å². The topological polar surface area (TPSA) is 44.4 Å². The third-order valence-electron chi connectivity index (χ3n) is 3.09. The molecule has 2 aliphatic heterocycles. The third-order valence-corrected chi connectivity index (χ3v) is 3.09. The maximum absolute atomic E-state index is 11.7. The van der Waals surface area contributed by atoms with Gasteiger partial charge in [-0.25, -0.2) is 4.79 Å². The molecule has 4 heteroatoms. The fourth-order valence-electron chi connectivity index (χ4n) is 2.36. The molecule has 2 unspecified atom stereocenters. The molecule has 2 amide bonds. The molecule has 0 aromatic carbocycles. The van der Waals surface area contributed by atoms with E-state index in [1.165, 1.54) is 0 Å². The van der Waals surface area contributed by atoms with Crippen molar-refractivity contribution in [2.24, 2.45) is 11.8 Å². The van der Waals surface area contributed by atoms with Crippen LogP contribution in [0.15, 0.2) is 0 Å². The summed E-state index contributed by atoms with van der Waals surface area (Å²) in [6.07, 6.45) is 0. The van der Waals surface area contributed by atoms with Gasteiger partial charge in [0.05, 0.1) is 0 Å². The van der Waals surface area contributed by atoms with Crippen LogP contribution in [0.4, 0.5) is 4.79 Å². The summed E-state index contributed by atoms with van der Waals surface area (Å²) >= 11 is 0. The smallest absolute Gasteiger partial charge is 0.317 e. The van der Waals surface area contributed by atoms with Crippen LogP contribution in [0.5, 0.6) is 0 Å². The molecule has 2 N–H and O–H groups in total. The number of amides is 2. The predicted octanol–water partition coefficient (Wildman–Crippen LogP) is 0.256. The summed E-state index contributed by atoms with van der Waals surface area (Å²) in [7, 11) is 0. The lowest BCUT2D eigenvalue weighted by Crippen LogP contribution is -2.42. The molecule has 0 bridgehead atoms. The van der Waals surface area contributed by atoms with Gasteiger partial charge in [-0.05, 0) is 25.7 Å². The molecular formula is C10H19N3O. The van der Waals surface area contributed by atoms with Gasteiger partial charge < -0.3 is 15.5 Å². The zero-order valence-electron chi connectivity index (χ0n) is 8.92. The molecule has 2 atom stereocenters. The highest BCUT2D eigenvalue weighted by Crippen LogP contribution is 2.25. The van der Waals surface area contributed by atoms with E-state index in [1.807, 2.05) is 18.7 Å². The Hall–Kier alpha value is -0.770. The molecule has 0 aromatic rings. The van der Waals surface area contributed by atoms with Gasteiger partial charge in [-0.1, -0.05) is 0 Å². The van der Waals surface area contributed by atoms with E-state index in [2.05, 4.69) is 10.6 Å². The molecule has 2 heterocycles. The van der Waals surface area contributed by atoms with Crippen molar-refractivity contribution in [3.8, 4) is 0 Å². The highest BCUT2D eigenvalue weighted by Gasteiger charge is 2.37. The summed E-state index contributed by atoms with van der Waals surface area (Å²) in [5.41, 5.74) is 0. The highest BCUT2D eigenvalue weighted by molar-refractivity contribution is 5.74. The van der Waals surface area contributed by atoms with Crippen LogP contribution in [-0.2, 0) is 0 Å². The number of carbonyl (C=O) groups excluding carboxylic acids is 1. The summed E-state index contributed by atoms with van der Waals surface area (Å²) in [5, 5.41) is 6.31. The van der Waals surface area contributed by atoms with E-state index in [4.69, 9.17) is 0 Å². The molecular weight excluding hydrogens is 178 g/mol. The van der Waals surface area contributed by atoms with Crippen molar-refractivity contribution in [3.05, 3.63) is 0 Å². The molecule has 0 aliphatic carbocycles. The number of hydrogen-bond donors (Lipinski definition) is 2. The first-order chi connectivity index (χ1) is 6.66. The SMILES string of the molecule is CC(C)NC(=O)N1CC2CNCC2C1. The summed E-state index contributed by atoms with van der Waals surface area (Å²) in [5.74, 6) is 1.38. The first kappa shape index (κ1) is 9.77. The van der Waals surface area contributed by atoms with Gasteiger partial charge in [-0.2, -0.15) is 0 Å². The number of rotatable bonds is 1. The Morgan fingerprint density at radius 1 is 1.36 bits per heavy atom. The molecule has 0 radical (unpaired) electrons. The van der Waals surface area contributed by atoms with Crippen molar-refractivity contribution in [1.29, 1.82) is 0 Å². The summed E-state index contributed by atoms with van der Waals surface area (Å²) in [4.78, 5) is 13.6. The van der Waals surface area contributed by atoms with Crippen molar-refractivity contribution in [2.75, 3.05) is 26.2 Å². The largest absolute Gasteiger partial charge is 0.336 e. The molecule has 2 aliphatic rings.